The lowest BCUT2D eigenvalue weighted by molar-refractivity contribution is -0.148. The average molecular weight is 168 g/mol. The van der Waals surface area contributed by atoms with Crippen molar-refractivity contribution in [2.75, 3.05) is 0 Å². The molecule has 2 bridgehead atoms. The predicted molar refractivity (Wildman–Crippen MR) is 40.4 cm³/mol. The number of ether oxygens (including phenoxy) is 2. The van der Waals surface area contributed by atoms with Gasteiger partial charge in [-0.1, -0.05) is 0 Å². The summed E-state index contributed by atoms with van der Waals surface area (Å²) in [6.45, 7) is 1.48. The van der Waals surface area contributed by atoms with E-state index in [-0.39, 0.29) is 12.1 Å². The van der Waals surface area contributed by atoms with Gasteiger partial charge >= 0.3 is 5.97 Å². The van der Waals surface area contributed by atoms with Gasteiger partial charge in [0.25, 0.3) is 0 Å². The van der Waals surface area contributed by atoms with Crippen molar-refractivity contribution in [3.05, 3.63) is 0 Å². The second kappa shape index (κ2) is 2.02. The first-order valence-electron chi connectivity index (χ1n) is 4.58. The van der Waals surface area contributed by atoms with E-state index in [1.165, 1.54) is 13.3 Å². The number of carbonyl (C=O) groups excluding carboxylic acids is 1. The maximum atomic E-state index is 10.7. The lowest BCUT2D eigenvalue weighted by Gasteiger charge is -2.18. The van der Waals surface area contributed by atoms with Crippen molar-refractivity contribution in [2.45, 2.75) is 38.1 Å². The summed E-state index contributed by atoms with van der Waals surface area (Å²) >= 11 is 0. The molecule has 3 fully saturated rings. The molecule has 5 atom stereocenters. The maximum absolute atomic E-state index is 10.7. The van der Waals surface area contributed by atoms with Gasteiger partial charge in [0.1, 0.15) is 6.10 Å². The van der Waals surface area contributed by atoms with Gasteiger partial charge in [0, 0.05) is 12.8 Å². The number of hydrogen-bond acceptors (Lipinski definition) is 3. The standard InChI is InChI=1S/C9H12O3/c1-4(10)11-7-3-5-2-6(7)9-8(5)12-9/h5-9H,2-3H2,1H3/t5-,6-,7-,8+,9+/m1/s1. The summed E-state index contributed by atoms with van der Waals surface area (Å²) in [5.41, 5.74) is 0. The Kier molecular flexibility index (Phi) is 1.16. The number of carbonyl (C=O) groups is 1. The Morgan fingerprint density at radius 2 is 2.25 bits per heavy atom. The Bertz CT molecular complexity index is 238. The van der Waals surface area contributed by atoms with E-state index < -0.39 is 0 Å². The highest BCUT2D eigenvalue weighted by atomic mass is 16.6. The van der Waals surface area contributed by atoms with Gasteiger partial charge in [0.15, 0.2) is 0 Å². The summed E-state index contributed by atoms with van der Waals surface area (Å²) in [5, 5.41) is 0. The second-order valence-corrected chi connectivity index (χ2v) is 4.11. The first-order valence-corrected chi connectivity index (χ1v) is 4.58. The zero-order valence-corrected chi connectivity index (χ0v) is 7.03. The smallest absolute Gasteiger partial charge is 0.302 e. The van der Waals surface area contributed by atoms with E-state index in [0.29, 0.717) is 24.0 Å². The van der Waals surface area contributed by atoms with Crippen LogP contribution in [0.15, 0.2) is 0 Å². The SMILES string of the molecule is CC(=O)O[C@@H]1C[C@H]2C[C@H]1[C@@H]1O[C@@H]21. The van der Waals surface area contributed by atoms with Crippen molar-refractivity contribution in [1.82, 2.24) is 0 Å². The minimum absolute atomic E-state index is 0.148. The monoisotopic (exact) mass is 168 g/mol. The molecule has 3 heteroatoms. The zero-order chi connectivity index (χ0) is 8.29. The minimum Gasteiger partial charge on any atom is -0.462 e. The van der Waals surface area contributed by atoms with Crippen LogP contribution in [0.4, 0.5) is 0 Å². The molecule has 3 rings (SSSR count). The van der Waals surface area contributed by atoms with E-state index in [1.54, 1.807) is 0 Å². The summed E-state index contributed by atoms with van der Waals surface area (Å²) in [5.74, 6) is 1.05. The Labute approximate surface area is 71.0 Å². The molecule has 1 heterocycles. The lowest BCUT2D eigenvalue weighted by Crippen LogP contribution is -2.27. The van der Waals surface area contributed by atoms with Crippen LogP contribution in [0.25, 0.3) is 0 Å². The topological polar surface area (TPSA) is 38.8 Å². The number of hydrogen-bond donors (Lipinski definition) is 0. The molecule has 0 unspecified atom stereocenters. The van der Waals surface area contributed by atoms with Gasteiger partial charge in [0.2, 0.25) is 0 Å². The van der Waals surface area contributed by atoms with Crippen LogP contribution in [0.3, 0.4) is 0 Å². The van der Waals surface area contributed by atoms with Crippen LogP contribution in [-0.4, -0.2) is 24.3 Å². The number of esters is 1. The Morgan fingerprint density at radius 1 is 1.42 bits per heavy atom. The van der Waals surface area contributed by atoms with E-state index in [9.17, 15) is 4.79 Å². The van der Waals surface area contributed by atoms with Gasteiger partial charge in [-0.3, -0.25) is 4.79 Å². The van der Waals surface area contributed by atoms with Gasteiger partial charge in [-0.2, -0.15) is 0 Å². The molecule has 0 radical (unpaired) electrons. The quantitative estimate of drug-likeness (QED) is 0.428. The first kappa shape index (κ1) is 6.89. The molecule has 2 aliphatic carbocycles. The molecule has 3 aliphatic rings. The summed E-state index contributed by atoms with van der Waals surface area (Å²) < 4.78 is 10.7. The molecule has 12 heavy (non-hydrogen) atoms. The first-order chi connectivity index (χ1) is 5.75. The highest BCUT2D eigenvalue weighted by molar-refractivity contribution is 5.66. The molecule has 0 aromatic rings. The zero-order valence-electron chi connectivity index (χ0n) is 7.03. The van der Waals surface area contributed by atoms with Crippen LogP contribution < -0.4 is 0 Å². The fraction of sp³-hybridized carbons (Fsp3) is 0.889. The predicted octanol–water partition coefficient (Wildman–Crippen LogP) is 0.725. The molecule has 1 saturated heterocycles. The van der Waals surface area contributed by atoms with Crippen molar-refractivity contribution in [3.63, 3.8) is 0 Å². The molecule has 0 aromatic heterocycles. The van der Waals surface area contributed by atoms with Crippen LogP contribution in [0, 0.1) is 11.8 Å². The fourth-order valence-corrected chi connectivity index (χ4v) is 2.89. The van der Waals surface area contributed by atoms with Crippen LogP contribution in [-0.2, 0) is 14.3 Å². The third kappa shape index (κ3) is 0.774. The van der Waals surface area contributed by atoms with Crippen LogP contribution >= 0.6 is 0 Å². The molecule has 0 N–H and O–H groups in total. The number of rotatable bonds is 1. The molecule has 66 valence electrons. The number of epoxide rings is 1. The molecular weight excluding hydrogens is 156 g/mol. The summed E-state index contributed by atoms with van der Waals surface area (Å²) in [6, 6.07) is 0. The van der Waals surface area contributed by atoms with Gasteiger partial charge < -0.3 is 9.47 Å². The van der Waals surface area contributed by atoms with E-state index >= 15 is 0 Å². The van der Waals surface area contributed by atoms with Crippen molar-refractivity contribution < 1.29 is 14.3 Å². The molecule has 0 spiro atoms. The maximum Gasteiger partial charge on any atom is 0.302 e. The fourth-order valence-electron chi connectivity index (χ4n) is 2.89. The van der Waals surface area contributed by atoms with Crippen molar-refractivity contribution in [3.8, 4) is 0 Å². The second-order valence-electron chi connectivity index (χ2n) is 4.11. The highest BCUT2D eigenvalue weighted by Gasteiger charge is 2.64. The largest absolute Gasteiger partial charge is 0.462 e. The van der Waals surface area contributed by atoms with Crippen molar-refractivity contribution in [1.29, 1.82) is 0 Å². The molecule has 3 nitrogen and oxygen atoms in total. The van der Waals surface area contributed by atoms with Crippen LogP contribution in [0.5, 0.6) is 0 Å². The molecule has 1 aliphatic heterocycles. The lowest BCUT2D eigenvalue weighted by atomic mass is 9.98. The van der Waals surface area contributed by atoms with E-state index in [0.717, 1.165) is 6.42 Å². The van der Waals surface area contributed by atoms with E-state index in [4.69, 9.17) is 9.47 Å². The van der Waals surface area contributed by atoms with Gasteiger partial charge in [-0.05, 0) is 18.8 Å². The molecule has 0 aromatic carbocycles. The summed E-state index contributed by atoms with van der Waals surface area (Å²) in [6.07, 6.45) is 3.38. The average Bonchev–Trinajstić information content (AvgIpc) is 2.61. The van der Waals surface area contributed by atoms with Gasteiger partial charge in [0.05, 0.1) is 12.2 Å². The minimum atomic E-state index is -0.148. The third-order valence-electron chi connectivity index (χ3n) is 3.35. The molecule has 0 amide bonds. The van der Waals surface area contributed by atoms with Gasteiger partial charge in [-0.15, -0.1) is 0 Å². The Balaban J connectivity index is 1.72. The van der Waals surface area contributed by atoms with Gasteiger partial charge in [-0.25, -0.2) is 0 Å². The normalized spacial score (nSPS) is 53.6. The number of fused-ring (bicyclic) bond motifs is 5. The van der Waals surface area contributed by atoms with Crippen molar-refractivity contribution >= 4 is 5.97 Å². The van der Waals surface area contributed by atoms with Crippen molar-refractivity contribution in [2.24, 2.45) is 11.8 Å². The highest BCUT2D eigenvalue weighted by Crippen LogP contribution is 2.57. The molecule has 2 saturated carbocycles. The molecular formula is C9H12O3. The third-order valence-corrected chi connectivity index (χ3v) is 3.35. The summed E-state index contributed by atoms with van der Waals surface area (Å²) in [7, 11) is 0. The van der Waals surface area contributed by atoms with Crippen LogP contribution in [0.1, 0.15) is 19.8 Å². The summed E-state index contributed by atoms with van der Waals surface area (Å²) in [4.78, 5) is 10.7. The van der Waals surface area contributed by atoms with E-state index in [2.05, 4.69) is 0 Å². The van der Waals surface area contributed by atoms with Crippen LogP contribution in [0.2, 0.25) is 0 Å². The Morgan fingerprint density at radius 3 is 2.83 bits per heavy atom. The Hall–Kier alpha value is -0.570. The van der Waals surface area contributed by atoms with E-state index in [1.807, 2.05) is 0 Å².